The Balaban J connectivity index is 1.53. The van der Waals surface area contributed by atoms with Crippen molar-refractivity contribution in [3.63, 3.8) is 0 Å². The van der Waals surface area contributed by atoms with Crippen molar-refractivity contribution < 1.29 is 23.1 Å². The molecule has 1 aliphatic heterocycles. The smallest absolute Gasteiger partial charge is 0.254 e. The number of rotatable bonds is 9. The zero-order valence-corrected chi connectivity index (χ0v) is 14.7. The van der Waals surface area contributed by atoms with Gasteiger partial charge >= 0.3 is 0 Å². The minimum atomic E-state index is -0.902. The van der Waals surface area contributed by atoms with Gasteiger partial charge in [-0.2, -0.15) is 0 Å². The monoisotopic (exact) mass is 369 g/mol. The summed E-state index contributed by atoms with van der Waals surface area (Å²) in [5, 5.41) is 5.37. The lowest BCUT2D eigenvalue weighted by Crippen LogP contribution is -2.38. The van der Waals surface area contributed by atoms with E-state index in [0.29, 0.717) is 19.0 Å². The van der Waals surface area contributed by atoms with Gasteiger partial charge in [-0.05, 0) is 31.5 Å². The van der Waals surface area contributed by atoms with E-state index in [9.17, 15) is 18.4 Å². The van der Waals surface area contributed by atoms with Crippen molar-refractivity contribution in [2.75, 3.05) is 45.9 Å². The predicted octanol–water partition coefficient (Wildman–Crippen LogP) is 1.31. The van der Waals surface area contributed by atoms with E-state index in [1.54, 1.807) is 0 Å². The summed E-state index contributed by atoms with van der Waals surface area (Å²) in [5.74, 6) is -2.33. The molecular formula is C18H25F2N3O3. The van der Waals surface area contributed by atoms with Crippen LogP contribution in [0.4, 0.5) is 8.78 Å². The van der Waals surface area contributed by atoms with Crippen molar-refractivity contribution >= 4 is 11.8 Å². The number of benzene rings is 1. The van der Waals surface area contributed by atoms with Crippen LogP contribution < -0.4 is 10.6 Å². The molecule has 1 aromatic carbocycles. The van der Waals surface area contributed by atoms with Crippen LogP contribution in [0.25, 0.3) is 0 Å². The molecule has 0 radical (unpaired) electrons. The molecule has 8 heteroatoms. The zero-order valence-electron chi connectivity index (χ0n) is 14.7. The van der Waals surface area contributed by atoms with Gasteiger partial charge in [0.25, 0.3) is 5.91 Å². The Morgan fingerprint density at radius 2 is 1.81 bits per heavy atom. The van der Waals surface area contributed by atoms with E-state index in [0.717, 1.165) is 51.4 Å². The highest BCUT2D eigenvalue weighted by Crippen LogP contribution is 2.09. The van der Waals surface area contributed by atoms with E-state index in [-0.39, 0.29) is 24.4 Å². The van der Waals surface area contributed by atoms with Gasteiger partial charge in [0, 0.05) is 38.7 Å². The van der Waals surface area contributed by atoms with Gasteiger partial charge in [0.1, 0.15) is 11.6 Å². The largest absolute Gasteiger partial charge is 0.379 e. The zero-order chi connectivity index (χ0) is 18.8. The van der Waals surface area contributed by atoms with Crippen molar-refractivity contribution in [2.24, 2.45) is 0 Å². The second-order valence-corrected chi connectivity index (χ2v) is 6.14. The number of hydrogen-bond acceptors (Lipinski definition) is 4. The van der Waals surface area contributed by atoms with E-state index in [1.165, 1.54) is 0 Å². The van der Waals surface area contributed by atoms with Crippen LogP contribution in [-0.2, 0) is 9.53 Å². The summed E-state index contributed by atoms with van der Waals surface area (Å²) in [6, 6.07) is 2.79. The van der Waals surface area contributed by atoms with Gasteiger partial charge in [0.05, 0.1) is 18.8 Å². The van der Waals surface area contributed by atoms with Crippen LogP contribution in [-0.4, -0.2) is 62.7 Å². The molecule has 1 saturated heterocycles. The summed E-state index contributed by atoms with van der Waals surface area (Å²) < 4.78 is 31.6. The molecule has 0 aromatic heterocycles. The van der Waals surface area contributed by atoms with Crippen LogP contribution >= 0.6 is 0 Å². The molecule has 0 atom stereocenters. The molecule has 1 heterocycles. The van der Waals surface area contributed by atoms with Crippen molar-refractivity contribution in [3.8, 4) is 0 Å². The Morgan fingerprint density at radius 1 is 1.08 bits per heavy atom. The number of carbonyl (C=O) groups excluding carboxylic acids is 2. The number of ether oxygens (including phenoxy) is 1. The Morgan fingerprint density at radius 3 is 2.54 bits per heavy atom. The Labute approximate surface area is 151 Å². The second-order valence-electron chi connectivity index (χ2n) is 6.14. The molecule has 0 unspecified atom stereocenters. The van der Waals surface area contributed by atoms with Gasteiger partial charge in [0.15, 0.2) is 0 Å². The minimum Gasteiger partial charge on any atom is -0.379 e. The number of hydrogen-bond donors (Lipinski definition) is 2. The van der Waals surface area contributed by atoms with E-state index < -0.39 is 17.5 Å². The number of nitrogens with one attached hydrogen (secondary N) is 2. The molecule has 1 aromatic rings. The normalized spacial score (nSPS) is 14.8. The van der Waals surface area contributed by atoms with Crippen LogP contribution in [0.5, 0.6) is 0 Å². The average molecular weight is 369 g/mol. The van der Waals surface area contributed by atoms with Crippen LogP contribution in [0.3, 0.4) is 0 Å². The van der Waals surface area contributed by atoms with Crippen LogP contribution in [0, 0.1) is 11.6 Å². The first-order valence-electron chi connectivity index (χ1n) is 8.86. The predicted molar refractivity (Wildman–Crippen MR) is 92.8 cm³/mol. The van der Waals surface area contributed by atoms with Crippen LogP contribution in [0.2, 0.25) is 0 Å². The van der Waals surface area contributed by atoms with Crippen molar-refractivity contribution in [2.45, 2.75) is 19.3 Å². The highest BCUT2D eigenvalue weighted by atomic mass is 19.1. The molecule has 6 nitrogen and oxygen atoms in total. The number of amides is 2. The Hall–Kier alpha value is -2.06. The number of carbonyl (C=O) groups is 2. The molecule has 1 fully saturated rings. The van der Waals surface area contributed by atoms with Crippen molar-refractivity contribution in [1.29, 1.82) is 0 Å². The molecule has 144 valence electrons. The third kappa shape index (κ3) is 7.05. The Kier molecular flexibility index (Phi) is 8.43. The topological polar surface area (TPSA) is 70.7 Å². The third-order valence-corrected chi connectivity index (χ3v) is 4.12. The molecule has 0 spiro atoms. The first-order chi connectivity index (χ1) is 12.6. The molecule has 0 aliphatic carbocycles. The summed E-state index contributed by atoms with van der Waals surface area (Å²) in [6.07, 6.45) is 1.61. The summed E-state index contributed by atoms with van der Waals surface area (Å²) in [7, 11) is 0. The standard InChI is InChI=1S/C18H25F2N3O3/c19-14-4-5-15(16(20)13-14)18(25)22-6-1-3-17(24)21-7-2-8-23-9-11-26-12-10-23/h4-5,13H,1-3,6-12H2,(H,21,24)(H,22,25). The van der Waals surface area contributed by atoms with E-state index in [1.807, 2.05) is 0 Å². The maximum absolute atomic E-state index is 13.5. The highest BCUT2D eigenvalue weighted by Gasteiger charge is 2.12. The summed E-state index contributed by atoms with van der Waals surface area (Å²) >= 11 is 0. The molecule has 26 heavy (non-hydrogen) atoms. The lowest BCUT2D eigenvalue weighted by atomic mass is 10.2. The molecule has 1 aliphatic rings. The fourth-order valence-corrected chi connectivity index (χ4v) is 2.66. The van der Waals surface area contributed by atoms with E-state index in [2.05, 4.69) is 15.5 Å². The van der Waals surface area contributed by atoms with Gasteiger partial charge < -0.3 is 15.4 Å². The molecule has 2 rings (SSSR count). The van der Waals surface area contributed by atoms with Gasteiger partial charge in [-0.3, -0.25) is 14.5 Å². The maximum Gasteiger partial charge on any atom is 0.254 e. The van der Waals surface area contributed by atoms with Crippen LogP contribution in [0.1, 0.15) is 29.6 Å². The SMILES string of the molecule is O=C(CCCNC(=O)c1ccc(F)cc1F)NCCCN1CCOCC1. The van der Waals surface area contributed by atoms with E-state index >= 15 is 0 Å². The third-order valence-electron chi connectivity index (χ3n) is 4.12. The lowest BCUT2D eigenvalue weighted by Gasteiger charge is -2.26. The van der Waals surface area contributed by atoms with Crippen molar-refractivity contribution in [3.05, 3.63) is 35.4 Å². The first kappa shape index (κ1) is 20.3. The molecule has 0 saturated carbocycles. The number of morpholine rings is 1. The summed E-state index contributed by atoms with van der Waals surface area (Å²) in [5.41, 5.74) is -0.209. The fourth-order valence-electron chi connectivity index (χ4n) is 2.66. The number of halogens is 2. The molecule has 2 N–H and O–H groups in total. The van der Waals surface area contributed by atoms with Crippen LogP contribution in [0.15, 0.2) is 18.2 Å². The highest BCUT2D eigenvalue weighted by molar-refractivity contribution is 5.94. The Bertz CT molecular complexity index is 607. The number of nitrogens with zero attached hydrogens (tertiary/aromatic N) is 1. The minimum absolute atomic E-state index is 0.0748. The van der Waals surface area contributed by atoms with Gasteiger partial charge in [-0.25, -0.2) is 8.78 Å². The second kappa shape index (κ2) is 10.8. The summed E-state index contributed by atoms with van der Waals surface area (Å²) in [4.78, 5) is 25.8. The summed E-state index contributed by atoms with van der Waals surface area (Å²) in [6.45, 7) is 5.19. The van der Waals surface area contributed by atoms with Gasteiger partial charge in [-0.15, -0.1) is 0 Å². The first-order valence-corrected chi connectivity index (χ1v) is 8.86. The molecule has 2 amide bonds. The van der Waals surface area contributed by atoms with Gasteiger partial charge in [0.2, 0.25) is 5.91 Å². The average Bonchev–Trinajstić information content (AvgIpc) is 2.63. The molecule has 0 bridgehead atoms. The fraction of sp³-hybridized carbons (Fsp3) is 0.556. The van der Waals surface area contributed by atoms with Crippen molar-refractivity contribution in [1.82, 2.24) is 15.5 Å². The quantitative estimate of drug-likeness (QED) is 0.644. The maximum atomic E-state index is 13.5. The van der Waals surface area contributed by atoms with Gasteiger partial charge in [-0.1, -0.05) is 0 Å². The van der Waals surface area contributed by atoms with E-state index in [4.69, 9.17) is 4.74 Å². The molecular weight excluding hydrogens is 344 g/mol. The lowest BCUT2D eigenvalue weighted by molar-refractivity contribution is -0.121.